The Labute approximate surface area is 137 Å². The summed E-state index contributed by atoms with van der Waals surface area (Å²) in [5.41, 5.74) is 2.21. The molecular weight excluding hydrogens is 291 g/mol. The molecule has 0 N–H and O–H groups in total. The van der Waals surface area contributed by atoms with Gasteiger partial charge in [0.15, 0.2) is 0 Å². The van der Waals surface area contributed by atoms with E-state index in [1.165, 1.54) is 12.1 Å². The first-order chi connectivity index (χ1) is 11.1. The van der Waals surface area contributed by atoms with Crippen LogP contribution in [-0.4, -0.2) is 22.3 Å². The van der Waals surface area contributed by atoms with Gasteiger partial charge in [-0.2, -0.15) is 0 Å². The van der Waals surface area contributed by atoms with E-state index in [-0.39, 0.29) is 11.7 Å². The standard InChI is InChI=1S/C19H23FN2O/c1-3-4-5-13-22(14-16-9-11-17(20)12-10-16)19(23)18-8-6-7-15(2)21-18/h6-12H,3-5,13-14H2,1-2H3. The van der Waals surface area contributed by atoms with Crippen LogP contribution >= 0.6 is 0 Å². The van der Waals surface area contributed by atoms with Gasteiger partial charge in [-0.15, -0.1) is 0 Å². The van der Waals surface area contributed by atoms with Crippen molar-refractivity contribution >= 4 is 5.91 Å². The Morgan fingerprint density at radius 2 is 1.87 bits per heavy atom. The predicted molar refractivity (Wildman–Crippen MR) is 89.6 cm³/mol. The van der Waals surface area contributed by atoms with E-state index in [0.29, 0.717) is 18.8 Å². The van der Waals surface area contributed by atoms with Crippen LogP contribution in [0, 0.1) is 12.7 Å². The lowest BCUT2D eigenvalue weighted by Crippen LogP contribution is -2.32. The van der Waals surface area contributed by atoms with Gasteiger partial charge in [0, 0.05) is 18.8 Å². The number of hydrogen-bond acceptors (Lipinski definition) is 2. The van der Waals surface area contributed by atoms with Crippen LogP contribution in [-0.2, 0) is 6.54 Å². The first kappa shape index (κ1) is 17.1. The van der Waals surface area contributed by atoms with E-state index < -0.39 is 0 Å². The zero-order chi connectivity index (χ0) is 16.7. The minimum Gasteiger partial charge on any atom is -0.333 e. The van der Waals surface area contributed by atoms with Crippen LogP contribution in [0.3, 0.4) is 0 Å². The quantitative estimate of drug-likeness (QED) is 0.711. The molecule has 4 heteroatoms. The number of nitrogens with zero attached hydrogens (tertiary/aromatic N) is 2. The van der Waals surface area contributed by atoms with Crippen LogP contribution in [0.25, 0.3) is 0 Å². The van der Waals surface area contributed by atoms with Crippen LogP contribution in [0.1, 0.15) is 47.9 Å². The van der Waals surface area contributed by atoms with Crippen LogP contribution < -0.4 is 0 Å². The lowest BCUT2D eigenvalue weighted by Gasteiger charge is -2.22. The van der Waals surface area contributed by atoms with Crippen molar-refractivity contribution in [3.05, 3.63) is 65.2 Å². The minimum absolute atomic E-state index is 0.0749. The van der Waals surface area contributed by atoms with Gasteiger partial charge in [-0.3, -0.25) is 4.79 Å². The molecule has 0 aliphatic carbocycles. The maximum Gasteiger partial charge on any atom is 0.272 e. The minimum atomic E-state index is -0.266. The SMILES string of the molecule is CCCCCN(Cc1ccc(F)cc1)C(=O)c1cccc(C)n1. The summed E-state index contributed by atoms with van der Waals surface area (Å²) in [6, 6.07) is 11.8. The van der Waals surface area contributed by atoms with Gasteiger partial charge < -0.3 is 4.90 Å². The van der Waals surface area contributed by atoms with E-state index >= 15 is 0 Å². The number of hydrogen-bond donors (Lipinski definition) is 0. The second-order valence-electron chi connectivity index (χ2n) is 5.72. The van der Waals surface area contributed by atoms with Crippen molar-refractivity contribution in [1.82, 2.24) is 9.88 Å². The molecule has 1 aromatic carbocycles. The fraction of sp³-hybridized carbons (Fsp3) is 0.368. The molecule has 23 heavy (non-hydrogen) atoms. The third-order valence-corrected chi connectivity index (χ3v) is 3.71. The van der Waals surface area contributed by atoms with E-state index in [1.807, 2.05) is 19.1 Å². The first-order valence-electron chi connectivity index (χ1n) is 8.07. The molecule has 0 unspecified atom stereocenters. The molecule has 2 aromatic rings. The number of carbonyl (C=O) groups excluding carboxylic acids is 1. The summed E-state index contributed by atoms with van der Waals surface area (Å²) in [6.07, 6.45) is 3.13. The highest BCUT2D eigenvalue weighted by atomic mass is 19.1. The van der Waals surface area contributed by atoms with Gasteiger partial charge in [0.05, 0.1) is 0 Å². The predicted octanol–water partition coefficient (Wildman–Crippen LogP) is 4.36. The summed E-state index contributed by atoms with van der Waals surface area (Å²) in [7, 11) is 0. The molecule has 122 valence electrons. The highest BCUT2D eigenvalue weighted by molar-refractivity contribution is 5.92. The van der Waals surface area contributed by atoms with E-state index in [9.17, 15) is 9.18 Å². The highest BCUT2D eigenvalue weighted by Gasteiger charge is 2.17. The summed E-state index contributed by atoms with van der Waals surface area (Å²) in [5.74, 6) is -0.341. The molecule has 0 bridgehead atoms. The summed E-state index contributed by atoms with van der Waals surface area (Å²) in [6.45, 7) is 5.16. The molecule has 0 spiro atoms. The molecule has 3 nitrogen and oxygen atoms in total. The van der Waals surface area contributed by atoms with Gasteiger partial charge in [-0.1, -0.05) is 38.0 Å². The number of rotatable bonds is 7. The van der Waals surface area contributed by atoms with Crippen LogP contribution in [0.15, 0.2) is 42.5 Å². The van der Waals surface area contributed by atoms with Gasteiger partial charge in [0.1, 0.15) is 11.5 Å². The van der Waals surface area contributed by atoms with Gasteiger partial charge in [-0.25, -0.2) is 9.37 Å². The number of aromatic nitrogens is 1. The van der Waals surface area contributed by atoms with Gasteiger partial charge in [-0.05, 0) is 43.2 Å². The summed E-state index contributed by atoms with van der Waals surface area (Å²) in [4.78, 5) is 18.9. The number of aryl methyl sites for hydroxylation is 1. The lowest BCUT2D eigenvalue weighted by molar-refractivity contribution is 0.0734. The second kappa shape index (κ2) is 8.42. The lowest BCUT2D eigenvalue weighted by atomic mass is 10.1. The first-order valence-corrected chi connectivity index (χ1v) is 8.07. The molecule has 0 saturated carbocycles. The fourth-order valence-corrected chi connectivity index (χ4v) is 2.44. The third kappa shape index (κ3) is 5.16. The van der Waals surface area contributed by atoms with Crippen LogP contribution in [0.4, 0.5) is 4.39 Å². The molecule has 1 aromatic heterocycles. The average molecular weight is 314 g/mol. The summed E-state index contributed by atoms with van der Waals surface area (Å²) < 4.78 is 13.0. The zero-order valence-corrected chi connectivity index (χ0v) is 13.8. The van der Waals surface area contributed by atoms with Crippen molar-refractivity contribution in [3.63, 3.8) is 0 Å². The highest BCUT2D eigenvalue weighted by Crippen LogP contribution is 2.12. The summed E-state index contributed by atoms with van der Waals surface area (Å²) >= 11 is 0. The number of pyridine rings is 1. The Bertz CT molecular complexity index is 640. The molecule has 0 aliphatic rings. The number of halogens is 1. The Kier molecular flexibility index (Phi) is 6.27. The van der Waals surface area contributed by atoms with E-state index in [0.717, 1.165) is 30.5 Å². The molecule has 1 amide bonds. The maximum absolute atomic E-state index is 13.0. The molecule has 0 fully saturated rings. The fourth-order valence-electron chi connectivity index (χ4n) is 2.44. The largest absolute Gasteiger partial charge is 0.333 e. The second-order valence-corrected chi connectivity index (χ2v) is 5.72. The molecule has 2 rings (SSSR count). The number of benzene rings is 1. The van der Waals surface area contributed by atoms with Crippen molar-refractivity contribution in [2.24, 2.45) is 0 Å². The Morgan fingerprint density at radius 3 is 2.52 bits per heavy atom. The van der Waals surface area contributed by atoms with Crippen LogP contribution in [0.5, 0.6) is 0 Å². The molecule has 1 heterocycles. The van der Waals surface area contributed by atoms with E-state index in [4.69, 9.17) is 0 Å². The van der Waals surface area contributed by atoms with Gasteiger partial charge in [0.25, 0.3) is 5.91 Å². The Balaban J connectivity index is 2.15. The van der Waals surface area contributed by atoms with E-state index in [1.54, 1.807) is 23.1 Å². The number of carbonyl (C=O) groups is 1. The summed E-state index contributed by atoms with van der Waals surface area (Å²) in [5, 5.41) is 0. The number of amides is 1. The monoisotopic (exact) mass is 314 g/mol. The smallest absolute Gasteiger partial charge is 0.272 e. The molecule has 0 radical (unpaired) electrons. The topological polar surface area (TPSA) is 33.2 Å². The van der Waals surface area contributed by atoms with Crippen molar-refractivity contribution in [1.29, 1.82) is 0 Å². The normalized spacial score (nSPS) is 10.6. The van der Waals surface area contributed by atoms with Crippen LogP contribution in [0.2, 0.25) is 0 Å². The van der Waals surface area contributed by atoms with Crippen molar-refractivity contribution in [3.8, 4) is 0 Å². The maximum atomic E-state index is 13.0. The van der Waals surface area contributed by atoms with Gasteiger partial charge in [0.2, 0.25) is 0 Å². The molecular formula is C19H23FN2O. The van der Waals surface area contributed by atoms with E-state index in [2.05, 4.69) is 11.9 Å². The van der Waals surface area contributed by atoms with Crippen molar-refractivity contribution < 1.29 is 9.18 Å². The Hall–Kier alpha value is -2.23. The number of unbranched alkanes of at least 4 members (excludes halogenated alkanes) is 2. The third-order valence-electron chi connectivity index (χ3n) is 3.71. The van der Waals surface area contributed by atoms with Gasteiger partial charge >= 0.3 is 0 Å². The molecule has 0 atom stereocenters. The van der Waals surface area contributed by atoms with Crippen molar-refractivity contribution in [2.75, 3.05) is 6.54 Å². The Morgan fingerprint density at radius 1 is 1.13 bits per heavy atom. The average Bonchev–Trinajstić information content (AvgIpc) is 2.55. The zero-order valence-electron chi connectivity index (χ0n) is 13.8. The van der Waals surface area contributed by atoms with Crippen molar-refractivity contribution in [2.45, 2.75) is 39.7 Å². The molecule has 0 aliphatic heterocycles. The molecule has 0 saturated heterocycles.